The molecule has 1 heterocycles. The summed E-state index contributed by atoms with van der Waals surface area (Å²) in [6.07, 6.45) is 1.71. The SMILES string of the molecule is COCCN(CCC(=O)OC)C(=O)c1ccccn1. The lowest BCUT2D eigenvalue weighted by atomic mass is 10.3. The van der Waals surface area contributed by atoms with Crippen molar-refractivity contribution in [2.45, 2.75) is 6.42 Å². The Balaban J connectivity index is 2.67. The fourth-order valence-corrected chi connectivity index (χ4v) is 1.50. The highest BCUT2D eigenvalue weighted by Crippen LogP contribution is 2.03. The van der Waals surface area contributed by atoms with Gasteiger partial charge >= 0.3 is 5.97 Å². The number of ether oxygens (including phenoxy) is 2. The van der Waals surface area contributed by atoms with Crippen molar-refractivity contribution in [3.63, 3.8) is 0 Å². The summed E-state index contributed by atoms with van der Waals surface area (Å²) in [6.45, 7) is 1.09. The standard InChI is InChI=1S/C13H18N2O4/c1-18-10-9-15(8-6-12(16)19-2)13(17)11-5-3-4-7-14-11/h3-5,7H,6,8-10H2,1-2H3. The molecule has 19 heavy (non-hydrogen) atoms. The van der Waals surface area contributed by atoms with Gasteiger partial charge in [-0.15, -0.1) is 0 Å². The smallest absolute Gasteiger partial charge is 0.307 e. The molecule has 0 aliphatic carbocycles. The molecule has 0 aromatic carbocycles. The molecule has 1 amide bonds. The Kier molecular flexibility index (Phi) is 6.52. The van der Waals surface area contributed by atoms with Crippen molar-refractivity contribution in [2.75, 3.05) is 33.9 Å². The quantitative estimate of drug-likeness (QED) is 0.681. The Bertz CT molecular complexity index is 408. The van der Waals surface area contributed by atoms with E-state index in [0.29, 0.717) is 18.8 Å². The number of aromatic nitrogens is 1. The molecule has 1 aromatic heterocycles. The first-order chi connectivity index (χ1) is 9.19. The maximum Gasteiger partial charge on any atom is 0.307 e. The minimum atomic E-state index is -0.351. The Hall–Kier alpha value is -1.95. The number of esters is 1. The van der Waals surface area contributed by atoms with Crippen LogP contribution < -0.4 is 0 Å². The molecular formula is C13H18N2O4. The molecule has 0 radical (unpaired) electrons. The van der Waals surface area contributed by atoms with Crippen LogP contribution >= 0.6 is 0 Å². The highest BCUT2D eigenvalue weighted by atomic mass is 16.5. The summed E-state index contributed by atoms with van der Waals surface area (Å²) in [7, 11) is 2.88. The fraction of sp³-hybridized carbons (Fsp3) is 0.462. The molecular weight excluding hydrogens is 248 g/mol. The second-order valence-electron chi connectivity index (χ2n) is 3.83. The van der Waals surface area contributed by atoms with Crippen molar-refractivity contribution in [1.29, 1.82) is 0 Å². The summed E-state index contributed by atoms with van der Waals surface area (Å²) in [4.78, 5) is 28.9. The van der Waals surface area contributed by atoms with E-state index >= 15 is 0 Å². The Morgan fingerprint density at radius 3 is 2.63 bits per heavy atom. The topological polar surface area (TPSA) is 68.7 Å². The van der Waals surface area contributed by atoms with Crippen molar-refractivity contribution in [1.82, 2.24) is 9.88 Å². The highest BCUT2D eigenvalue weighted by Gasteiger charge is 2.17. The zero-order valence-corrected chi connectivity index (χ0v) is 11.2. The average molecular weight is 266 g/mol. The molecule has 104 valence electrons. The predicted octanol–water partition coefficient (Wildman–Crippen LogP) is 0.733. The van der Waals surface area contributed by atoms with Crippen molar-refractivity contribution < 1.29 is 19.1 Å². The maximum atomic E-state index is 12.2. The van der Waals surface area contributed by atoms with Crippen molar-refractivity contribution in [3.8, 4) is 0 Å². The van der Waals surface area contributed by atoms with Crippen LogP contribution in [0.25, 0.3) is 0 Å². The number of hydrogen-bond donors (Lipinski definition) is 0. The van der Waals surface area contributed by atoms with E-state index < -0.39 is 0 Å². The number of nitrogens with zero attached hydrogens (tertiary/aromatic N) is 2. The first kappa shape index (κ1) is 15.1. The number of carbonyl (C=O) groups excluding carboxylic acids is 2. The first-order valence-electron chi connectivity index (χ1n) is 5.95. The van der Waals surface area contributed by atoms with Crippen LogP contribution in [0.3, 0.4) is 0 Å². The van der Waals surface area contributed by atoms with Gasteiger partial charge in [0.1, 0.15) is 5.69 Å². The number of hydrogen-bond acceptors (Lipinski definition) is 5. The zero-order chi connectivity index (χ0) is 14.1. The molecule has 6 nitrogen and oxygen atoms in total. The lowest BCUT2D eigenvalue weighted by Crippen LogP contribution is -2.36. The third-order valence-corrected chi connectivity index (χ3v) is 2.55. The second kappa shape index (κ2) is 8.20. The monoisotopic (exact) mass is 266 g/mol. The lowest BCUT2D eigenvalue weighted by molar-refractivity contribution is -0.140. The van der Waals surface area contributed by atoms with E-state index in [2.05, 4.69) is 9.72 Å². The number of amides is 1. The van der Waals surface area contributed by atoms with Gasteiger partial charge in [0.25, 0.3) is 5.91 Å². The largest absolute Gasteiger partial charge is 0.469 e. The van der Waals surface area contributed by atoms with Gasteiger partial charge in [0, 0.05) is 26.4 Å². The van der Waals surface area contributed by atoms with Crippen LogP contribution in [0.2, 0.25) is 0 Å². The van der Waals surface area contributed by atoms with Gasteiger partial charge in [-0.3, -0.25) is 14.6 Å². The van der Waals surface area contributed by atoms with Crippen LogP contribution in [0.4, 0.5) is 0 Å². The predicted molar refractivity (Wildman–Crippen MR) is 68.6 cm³/mol. The molecule has 0 bridgehead atoms. The molecule has 0 N–H and O–H groups in total. The minimum absolute atomic E-state index is 0.152. The number of pyridine rings is 1. The van der Waals surface area contributed by atoms with Crippen LogP contribution in [0.5, 0.6) is 0 Å². The Labute approximate surface area is 112 Å². The highest BCUT2D eigenvalue weighted by molar-refractivity contribution is 5.92. The molecule has 1 aromatic rings. The van der Waals surface area contributed by atoms with Gasteiger partial charge in [0.15, 0.2) is 0 Å². The average Bonchev–Trinajstić information content (AvgIpc) is 2.47. The summed E-state index contributed by atoms with van der Waals surface area (Å²) in [5.41, 5.74) is 0.350. The maximum absolute atomic E-state index is 12.2. The Morgan fingerprint density at radius 1 is 1.26 bits per heavy atom. The van der Waals surface area contributed by atoms with Gasteiger partial charge < -0.3 is 14.4 Å². The van der Waals surface area contributed by atoms with Gasteiger partial charge in [-0.25, -0.2) is 0 Å². The molecule has 0 aliphatic heterocycles. The molecule has 0 fully saturated rings. The first-order valence-corrected chi connectivity index (χ1v) is 5.95. The molecule has 1 rings (SSSR count). The van der Waals surface area contributed by atoms with E-state index in [9.17, 15) is 9.59 Å². The van der Waals surface area contributed by atoms with Crippen molar-refractivity contribution in [3.05, 3.63) is 30.1 Å². The molecule has 0 spiro atoms. The number of methoxy groups -OCH3 is 2. The van der Waals surface area contributed by atoms with Crippen molar-refractivity contribution in [2.24, 2.45) is 0 Å². The van der Waals surface area contributed by atoms with Crippen LogP contribution in [0.1, 0.15) is 16.9 Å². The van der Waals surface area contributed by atoms with Crippen LogP contribution in [0, 0.1) is 0 Å². The number of rotatable bonds is 7. The van der Waals surface area contributed by atoms with Crippen LogP contribution in [-0.2, 0) is 14.3 Å². The van der Waals surface area contributed by atoms with Crippen molar-refractivity contribution >= 4 is 11.9 Å². The van der Waals surface area contributed by atoms with Gasteiger partial charge in [-0.2, -0.15) is 0 Å². The fourth-order valence-electron chi connectivity index (χ4n) is 1.50. The van der Waals surface area contributed by atoms with Gasteiger partial charge in [-0.1, -0.05) is 6.07 Å². The second-order valence-corrected chi connectivity index (χ2v) is 3.83. The third kappa shape index (κ3) is 5.05. The summed E-state index contributed by atoms with van der Waals surface area (Å²) in [5, 5.41) is 0. The van der Waals surface area contributed by atoms with Crippen LogP contribution in [0.15, 0.2) is 24.4 Å². The normalized spacial score (nSPS) is 10.0. The lowest BCUT2D eigenvalue weighted by Gasteiger charge is -2.21. The zero-order valence-electron chi connectivity index (χ0n) is 11.2. The summed E-state index contributed by atoms with van der Waals surface area (Å²) >= 11 is 0. The minimum Gasteiger partial charge on any atom is -0.469 e. The van der Waals surface area contributed by atoms with E-state index in [1.54, 1.807) is 31.5 Å². The molecule has 0 unspecified atom stereocenters. The van der Waals surface area contributed by atoms with E-state index in [4.69, 9.17) is 4.74 Å². The van der Waals surface area contributed by atoms with E-state index in [1.807, 2.05) is 0 Å². The summed E-state index contributed by atoms with van der Waals surface area (Å²) in [6, 6.07) is 5.13. The molecule has 0 aliphatic rings. The summed E-state index contributed by atoms with van der Waals surface area (Å²) < 4.78 is 9.53. The van der Waals surface area contributed by atoms with E-state index in [0.717, 1.165) is 0 Å². The molecule has 0 saturated heterocycles. The molecule has 6 heteroatoms. The summed E-state index contributed by atoms with van der Waals surface area (Å²) in [5.74, 6) is -0.571. The molecule has 0 atom stereocenters. The van der Waals surface area contributed by atoms with Gasteiger partial charge in [0.05, 0.1) is 20.1 Å². The van der Waals surface area contributed by atoms with Crippen LogP contribution in [-0.4, -0.2) is 55.7 Å². The van der Waals surface area contributed by atoms with Gasteiger partial charge in [-0.05, 0) is 12.1 Å². The van der Waals surface area contributed by atoms with Gasteiger partial charge in [0.2, 0.25) is 0 Å². The van der Waals surface area contributed by atoms with E-state index in [-0.39, 0.29) is 24.8 Å². The number of carbonyl (C=O) groups is 2. The molecule has 0 saturated carbocycles. The van der Waals surface area contributed by atoms with E-state index in [1.165, 1.54) is 12.0 Å². The third-order valence-electron chi connectivity index (χ3n) is 2.55. The Morgan fingerprint density at radius 2 is 2.05 bits per heavy atom.